The summed E-state index contributed by atoms with van der Waals surface area (Å²) in [5, 5.41) is 0.518. The summed E-state index contributed by atoms with van der Waals surface area (Å²) in [6.07, 6.45) is 2.27. The SMILES string of the molecule is CCN1CCCc2cccc(C[S+]([O-])c3nc4cc(OC)ccc4[nH]3)c21. The number of para-hydroxylation sites is 1. The number of hydrogen-bond acceptors (Lipinski definition) is 4. The first-order chi connectivity index (χ1) is 12.7. The Labute approximate surface area is 156 Å². The molecule has 0 spiro atoms. The standard InChI is InChI=1S/C20H23N3O2S/c1-3-23-11-5-8-14-6-4-7-15(19(14)23)13-26(24)20-21-17-10-9-16(25-2)12-18(17)22-20/h4,6-7,9-10,12H,3,5,8,11,13H2,1-2H3,(H,21,22). The van der Waals surface area contributed by atoms with E-state index in [0.29, 0.717) is 10.9 Å². The number of aromatic amines is 1. The van der Waals surface area contributed by atoms with Crippen molar-refractivity contribution in [1.29, 1.82) is 0 Å². The Balaban J connectivity index is 1.63. The van der Waals surface area contributed by atoms with Crippen molar-refractivity contribution in [3.8, 4) is 5.75 Å². The zero-order valence-electron chi connectivity index (χ0n) is 15.1. The van der Waals surface area contributed by atoms with Gasteiger partial charge in [-0.1, -0.05) is 18.2 Å². The minimum absolute atomic E-state index is 0.469. The van der Waals surface area contributed by atoms with Gasteiger partial charge < -0.3 is 14.2 Å². The maximum atomic E-state index is 13.0. The van der Waals surface area contributed by atoms with Gasteiger partial charge >= 0.3 is 5.16 Å². The summed E-state index contributed by atoms with van der Waals surface area (Å²) in [6, 6.07) is 12.0. The Morgan fingerprint density at radius 1 is 1.31 bits per heavy atom. The van der Waals surface area contributed by atoms with Crippen LogP contribution in [0, 0.1) is 0 Å². The van der Waals surface area contributed by atoms with Gasteiger partial charge in [0, 0.05) is 41.6 Å². The second kappa shape index (κ2) is 7.21. The molecule has 6 heteroatoms. The lowest BCUT2D eigenvalue weighted by Gasteiger charge is -2.32. The Morgan fingerprint density at radius 3 is 3.00 bits per heavy atom. The van der Waals surface area contributed by atoms with Gasteiger partial charge in [-0.05, 0) is 37.5 Å². The summed E-state index contributed by atoms with van der Waals surface area (Å²) in [7, 11) is 1.63. The van der Waals surface area contributed by atoms with Crippen LogP contribution in [0.5, 0.6) is 5.75 Å². The average Bonchev–Trinajstić information content (AvgIpc) is 3.11. The number of H-pyrrole nitrogens is 1. The number of methoxy groups -OCH3 is 1. The second-order valence-corrected chi connectivity index (χ2v) is 7.89. The van der Waals surface area contributed by atoms with Crippen LogP contribution in [0.15, 0.2) is 41.6 Å². The Kier molecular flexibility index (Phi) is 4.78. The van der Waals surface area contributed by atoms with Gasteiger partial charge in [-0.2, -0.15) is 4.98 Å². The fourth-order valence-corrected chi connectivity index (χ4v) is 4.74. The van der Waals surface area contributed by atoms with E-state index in [2.05, 4.69) is 40.0 Å². The number of aryl methyl sites for hydroxylation is 1. The molecule has 0 aliphatic carbocycles. The van der Waals surface area contributed by atoms with Gasteiger partial charge in [0.25, 0.3) is 0 Å². The first-order valence-corrected chi connectivity index (χ1v) is 10.3. The van der Waals surface area contributed by atoms with Gasteiger partial charge in [-0.25, -0.2) is 0 Å². The molecule has 1 aliphatic rings. The summed E-state index contributed by atoms with van der Waals surface area (Å²) in [5.41, 5.74) is 5.42. The fourth-order valence-electron chi connectivity index (χ4n) is 3.66. The third-order valence-corrected chi connectivity index (χ3v) is 6.14. The van der Waals surface area contributed by atoms with E-state index < -0.39 is 11.2 Å². The van der Waals surface area contributed by atoms with Crippen LogP contribution in [0.25, 0.3) is 11.0 Å². The van der Waals surface area contributed by atoms with Crippen molar-refractivity contribution < 1.29 is 9.29 Å². The molecule has 1 aliphatic heterocycles. The quantitative estimate of drug-likeness (QED) is 0.697. The lowest BCUT2D eigenvalue weighted by atomic mass is 9.98. The number of ether oxygens (including phenoxy) is 1. The molecule has 0 fully saturated rings. The molecule has 0 bridgehead atoms. The summed E-state index contributed by atoms with van der Waals surface area (Å²) in [5.74, 6) is 1.22. The number of nitrogens with zero attached hydrogens (tertiary/aromatic N) is 2. The van der Waals surface area contributed by atoms with Gasteiger partial charge in [0.05, 0.1) is 18.1 Å². The van der Waals surface area contributed by atoms with Crippen LogP contribution < -0.4 is 9.64 Å². The lowest BCUT2D eigenvalue weighted by molar-refractivity contribution is 0.415. The normalized spacial score (nSPS) is 15.1. The Bertz CT molecular complexity index is 925. The van der Waals surface area contributed by atoms with E-state index in [4.69, 9.17) is 4.74 Å². The minimum Gasteiger partial charge on any atom is -0.609 e. The average molecular weight is 369 g/mol. The molecule has 0 saturated heterocycles. The van der Waals surface area contributed by atoms with Gasteiger partial charge in [0.2, 0.25) is 0 Å². The number of imidazole rings is 1. The number of rotatable bonds is 5. The highest BCUT2D eigenvalue weighted by Gasteiger charge is 2.24. The maximum absolute atomic E-state index is 13.0. The lowest BCUT2D eigenvalue weighted by Crippen LogP contribution is -2.30. The number of hydrogen-bond donors (Lipinski definition) is 1. The number of anilines is 1. The summed E-state index contributed by atoms with van der Waals surface area (Å²) >= 11 is -1.22. The third-order valence-electron chi connectivity index (χ3n) is 4.95. The van der Waals surface area contributed by atoms with Crippen LogP contribution in [0.4, 0.5) is 5.69 Å². The van der Waals surface area contributed by atoms with Crippen molar-refractivity contribution in [1.82, 2.24) is 9.97 Å². The number of benzene rings is 2. The van der Waals surface area contributed by atoms with Gasteiger partial charge in [-0.3, -0.25) is 4.98 Å². The van der Waals surface area contributed by atoms with Crippen molar-refractivity contribution in [3.63, 3.8) is 0 Å². The predicted molar refractivity (Wildman–Crippen MR) is 105 cm³/mol. The summed E-state index contributed by atoms with van der Waals surface area (Å²) in [4.78, 5) is 10.1. The van der Waals surface area contributed by atoms with Crippen LogP contribution >= 0.6 is 0 Å². The molecule has 136 valence electrons. The highest BCUT2D eigenvalue weighted by molar-refractivity contribution is 7.90. The second-order valence-electron chi connectivity index (χ2n) is 6.52. The molecule has 26 heavy (non-hydrogen) atoms. The molecule has 2 heterocycles. The number of aromatic nitrogens is 2. The van der Waals surface area contributed by atoms with Crippen molar-refractivity contribution >= 4 is 27.9 Å². The van der Waals surface area contributed by atoms with Gasteiger partial charge in [-0.15, -0.1) is 0 Å². The highest BCUT2D eigenvalue weighted by Crippen LogP contribution is 2.33. The van der Waals surface area contributed by atoms with E-state index in [9.17, 15) is 4.55 Å². The highest BCUT2D eigenvalue weighted by atomic mass is 32.2. The van der Waals surface area contributed by atoms with E-state index in [0.717, 1.165) is 41.9 Å². The molecule has 1 N–H and O–H groups in total. The minimum atomic E-state index is -1.22. The van der Waals surface area contributed by atoms with Crippen LogP contribution in [0.2, 0.25) is 0 Å². The van der Waals surface area contributed by atoms with Crippen molar-refractivity contribution in [2.45, 2.75) is 30.7 Å². The molecule has 0 amide bonds. The number of fused-ring (bicyclic) bond motifs is 2. The molecule has 5 nitrogen and oxygen atoms in total. The van der Waals surface area contributed by atoms with E-state index >= 15 is 0 Å². The number of nitrogens with one attached hydrogen (secondary N) is 1. The van der Waals surface area contributed by atoms with Crippen LogP contribution in [0.1, 0.15) is 24.5 Å². The van der Waals surface area contributed by atoms with Crippen LogP contribution in [0.3, 0.4) is 0 Å². The Hall–Kier alpha value is -2.18. The molecule has 2 aromatic carbocycles. The monoisotopic (exact) mass is 369 g/mol. The van der Waals surface area contributed by atoms with E-state index in [1.165, 1.54) is 17.7 Å². The van der Waals surface area contributed by atoms with Gasteiger partial charge in [0.15, 0.2) is 0 Å². The molecule has 1 aromatic heterocycles. The molecular formula is C20H23N3O2S. The van der Waals surface area contributed by atoms with E-state index in [1.54, 1.807) is 7.11 Å². The van der Waals surface area contributed by atoms with Gasteiger partial charge in [0.1, 0.15) is 11.5 Å². The smallest absolute Gasteiger partial charge is 0.321 e. The predicted octanol–water partition coefficient (Wildman–Crippen LogP) is 3.65. The molecular weight excluding hydrogens is 346 g/mol. The molecule has 3 aromatic rings. The van der Waals surface area contributed by atoms with E-state index in [-0.39, 0.29) is 0 Å². The van der Waals surface area contributed by atoms with Crippen molar-refractivity contribution in [3.05, 3.63) is 47.5 Å². The summed E-state index contributed by atoms with van der Waals surface area (Å²) in [6.45, 7) is 4.22. The largest absolute Gasteiger partial charge is 0.609 e. The fraction of sp³-hybridized carbons (Fsp3) is 0.350. The Morgan fingerprint density at radius 2 is 2.19 bits per heavy atom. The van der Waals surface area contributed by atoms with Crippen molar-refractivity contribution in [2.75, 3.05) is 25.1 Å². The van der Waals surface area contributed by atoms with E-state index in [1.807, 2.05) is 18.2 Å². The molecule has 1 unspecified atom stereocenters. The topological polar surface area (TPSA) is 64.2 Å². The first-order valence-electron chi connectivity index (χ1n) is 8.97. The third kappa shape index (κ3) is 3.15. The molecule has 0 saturated carbocycles. The molecule has 1 atom stereocenters. The zero-order valence-corrected chi connectivity index (χ0v) is 15.9. The summed E-state index contributed by atoms with van der Waals surface area (Å²) < 4.78 is 18.2. The molecule has 0 radical (unpaired) electrons. The van der Waals surface area contributed by atoms with Crippen LogP contribution in [-0.2, 0) is 23.3 Å². The zero-order chi connectivity index (χ0) is 18.1. The van der Waals surface area contributed by atoms with Crippen LogP contribution in [-0.4, -0.2) is 34.7 Å². The molecule has 4 rings (SSSR count). The maximum Gasteiger partial charge on any atom is 0.321 e. The van der Waals surface area contributed by atoms with Crippen molar-refractivity contribution in [2.24, 2.45) is 0 Å². The first kappa shape index (κ1) is 17.2.